The van der Waals surface area contributed by atoms with E-state index in [0.29, 0.717) is 12.8 Å². The number of aliphatic hydroxyl groups excluding tert-OH is 2. The molecule has 4 fully saturated rings. The molecule has 7 rings (SSSR count). The highest BCUT2D eigenvalue weighted by Crippen LogP contribution is 2.67. The third kappa shape index (κ3) is 13.0. The second-order valence-corrected chi connectivity index (χ2v) is 27.8. The van der Waals surface area contributed by atoms with E-state index < -0.39 is 0 Å². The van der Waals surface area contributed by atoms with E-state index in [1.807, 2.05) is 0 Å². The zero-order valence-electron chi connectivity index (χ0n) is 50.3. The predicted octanol–water partition coefficient (Wildman–Crippen LogP) is 17.2. The lowest BCUT2D eigenvalue weighted by Gasteiger charge is -2.41. The highest BCUT2D eigenvalue weighted by atomic mass is 16.6. The van der Waals surface area contributed by atoms with Crippen LogP contribution in [0.1, 0.15) is 216 Å². The van der Waals surface area contributed by atoms with E-state index >= 15 is 0 Å². The second-order valence-electron chi connectivity index (χ2n) is 27.8. The van der Waals surface area contributed by atoms with E-state index in [4.69, 9.17) is 18.9 Å². The number of rotatable bonds is 22. The smallest absolute Gasteiger partial charge is 0.127 e. The van der Waals surface area contributed by atoms with Crippen LogP contribution in [0.15, 0.2) is 95.2 Å². The fourth-order valence-corrected chi connectivity index (χ4v) is 14.7. The maximum Gasteiger partial charge on any atom is 0.127 e. The van der Waals surface area contributed by atoms with Gasteiger partial charge in [-0.2, -0.15) is 0 Å². The molecule has 2 saturated heterocycles. The molecular weight excluding hydrogens is 925 g/mol. The Morgan fingerprint density at radius 2 is 1.11 bits per heavy atom. The van der Waals surface area contributed by atoms with Gasteiger partial charge < -0.3 is 29.2 Å². The summed E-state index contributed by atoms with van der Waals surface area (Å²) in [4.78, 5) is 0. The first-order valence-electron chi connectivity index (χ1n) is 29.8. The van der Waals surface area contributed by atoms with Crippen molar-refractivity contribution in [3.05, 3.63) is 117 Å². The van der Waals surface area contributed by atoms with E-state index in [9.17, 15) is 10.2 Å². The summed E-state index contributed by atoms with van der Waals surface area (Å²) < 4.78 is 27.4. The molecule has 416 valence electrons. The normalized spacial score (nSPS) is 34.3. The van der Waals surface area contributed by atoms with Crippen molar-refractivity contribution in [2.45, 2.75) is 267 Å². The molecule has 0 radical (unpaired) electrons. The van der Waals surface area contributed by atoms with E-state index in [-0.39, 0.29) is 63.1 Å². The van der Waals surface area contributed by atoms with Gasteiger partial charge in [-0.15, -0.1) is 0 Å². The molecule has 6 nitrogen and oxygen atoms in total. The minimum Gasteiger partial charge on any atom is -0.487 e. The van der Waals surface area contributed by atoms with Gasteiger partial charge in [0.1, 0.15) is 45.6 Å². The lowest BCUT2D eigenvalue weighted by atomic mass is 9.63. The fourth-order valence-electron chi connectivity index (χ4n) is 14.7. The summed E-state index contributed by atoms with van der Waals surface area (Å²) in [7, 11) is 0. The summed E-state index contributed by atoms with van der Waals surface area (Å²) in [5, 5.41) is 21.2. The van der Waals surface area contributed by atoms with Crippen LogP contribution in [0, 0.1) is 48.3 Å². The van der Waals surface area contributed by atoms with E-state index in [0.717, 1.165) is 78.9 Å². The maximum atomic E-state index is 10.7. The van der Waals surface area contributed by atoms with E-state index in [1.165, 1.54) is 84.8 Å². The summed E-state index contributed by atoms with van der Waals surface area (Å²) in [6.45, 7) is 38.3. The van der Waals surface area contributed by atoms with E-state index in [2.05, 4.69) is 191 Å². The van der Waals surface area contributed by atoms with Crippen molar-refractivity contribution in [1.82, 2.24) is 0 Å². The van der Waals surface area contributed by atoms with Crippen molar-refractivity contribution in [2.75, 3.05) is 0 Å². The monoisotopic (exact) mass is 1030 g/mol. The van der Waals surface area contributed by atoms with Gasteiger partial charge in [-0.3, -0.25) is 0 Å². The van der Waals surface area contributed by atoms with Gasteiger partial charge >= 0.3 is 0 Å². The molecule has 0 unspecified atom stereocenters. The number of allylic oxidation sites excluding steroid dienone is 12. The van der Waals surface area contributed by atoms with Crippen molar-refractivity contribution in [1.29, 1.82) is 0 Å². The zero-order valence-corrected chi connectivity index (χ0v) is 50.3. The number of epoxide rings is 2. The Morgan fingerprint density at radius 3 is 1.68 bits per heavy atom. The highest BCUT2D eigenvalue weighted by molar-refractivity contribution is 5.61. The molecule has 6 heteroatoms. The number of benzene rings is 1. The average Bonchev–Trinajstić information content (AvgIpc) is 4.16. The highest BCUT2D eigenvalue weighted by Gasteiger charge is 2.75. The van der Waals surface area contributed by atoms with Gasteiger partial charge in [0.2, 0.25) is 0 Å². The maximum absolute atomic E-state index is 10.7. The summed E-state index contributed by atoms with van der Waals surface area (Å²) in [6, 6.07) is 0. The first-order valence-corrected chi connectivity index (χ1v) is 29.8. The minimum atomic E-state index is -0.385. The lowest BCUT2D eigenvalue weighted by Crippen LogP contribution is -2.46. The topological polar surface area (TPSA) is 84.0 Å². The lowest BCUT2D eigenvalue weighted by molar-refractivity contribution is 0.0501. The fraction of sp³-hybridized carbons (Fsp3) is 0.681. The molecule has 2 saturated carbocycles. The molecule has 6 aliphatic rings. The van der Waals surface area contributed by atoms with Crippen LogP contribution in [0.25, 0.3) is 0 Å². The van der Waals surface area contributed by atoms with Crippen molar-refractivity contribution in [2.24, 2.45) is 34.5 Å². The Balaban J connectivity index is 1.05. The van der Waals surface area contributed by atoms with Crippen LogP contribution >= 0.6 is 0 Å². The Kier molecular flexibility index (Phi) is 18.3. The van der Waals surface area contributed by atoms with E-state index in [1.54, 1.807) is 0 Å². The Hall–Kier alpha value is -3.42. The molecule has 1 aromatic rings. The van der Waals surface area contributed by atoms with Crippen molar-refractivity contribution >= 4 is 0 Å². The molecule has 4 heterocycles. The third-order valence-corrected chi connectivity index (χ3v) is 19.4. The number of hydrogen-bond acceptors (Lipinski definition) is 6. The van der Waals surface area contributed by atoms with Crippen LogP contribution in [0.2, 0.25) is 0 Å². The average molecular weight is 1030 g/mol. The van der Waals surface area contributed by atoms with Crippen LogP contribution in [-0.2, 0) is 22.3 Å². The van der Waals surface area contributed by atoms with Gasteiger partial charge in [0.05, 0.1) is 12.2 Å². The molecule has 2 aliphatic carbocycles. The molecule has 0 aromatic heterocycles. The molecule has 11 atom stereocenters. The van der Waals surface area contributed by atoms with Gasteiger partial charge in [-0.25, -0.2) is 0 Å². The quantitative estimate of drug-likeness (QED) is 0.0889. The minimum absolute atomic E-state index is 0.112. The molecular formula is C69H104O6. The molecule has 4 aliphatic heterocycles. The third-order valence-electron chi connectivity index (χ3n) is 19.4. The summed E-state index contributed by atoms with van der Waals surface area (Å²) in [5.74, 6) is 4.67. The van der Waals surface area contributed by atoms with Crippen LogP contribution in [0.3, 0.4) is 0 Å². The SMILES string of the molecule is CC(/C=C/C=C(C)/C=C/[C@@]12O[C@]1(C)C[C@@H](O)CC2(C)C)=C\C=C\C=C(/C)[C@@H]1Oc2c(C)c(C)c3c(c2C[C@@H]1/C=C(C)/C=C/[C@]12O[C@@]1(C)C[C@@H](O)CC2(C)C)CC[C@](C)(CCC[C@@H](C)CCC[C@@H](C)CCCC(C)C)O3. The van der Waals surface area contributed by atoms with Gasteiger partial charge in [-0.05, 0) is 154 Å². The second kappa shape index (κ2) is 23.1. The summed E-state index contributed by atoms with van der Waals surface area (Å²) in [6.07, 6.45) is 43.2. The van der Waals surface area contributed by atoms with Crippen LogP contribution in [0.5, 0.6) is 11.5 Å². The standard InChI is InChI=1S/C69H104O6/c1-46(2)24-20-26-48(4)28-21-29-49(5)31-23-36-65(15)37-35-58-59-41-55(40-51(7)34-39-69-64(13,14)43-57(71)45-67(69,17)75-69)60(72-61(59)53(9)54(10)62(58)73-65)52(8)32-19-18-25-47(3)27-22-30-50(6)33-38-68-63(11,12)42-56(70)44-66(68,16)74-68/h18-19,22,25,27,30,32-34,38-40,46,48-49,55-57,60,70-71H,20-21,23-24,26,28-29,31,35-37,41-45H2,1-17H3/b19-18+,27-22+,38-33+,39-34+,47-25+,50-30+,51-40+,52-32+/t48-,49-,55-,56-,57-,60-,65-,66+,67-,68-,69+/m0/s1. The van der Waals surface area contributed by atoms with Crippen LogP contribution < -0.4 is 9.47 Å². The molecule has 0 bridgehead atoms. The zero-order chi connectivity index (χ0) is 54.9. The number of fused-ring (bicyclic) bond motifs is 5. The summed E-state index contributed by atoms with van der Waals surface area (Å²) >= 11 is 0. The molecule has 0 spiro atoms. The van der Waals surface area contributed by atoms with Gasteiger partial charge in [-0.1, -0.05) is 178 Å². The molecule has 2 N–H and O–H groups in total. The molecule has 0 amide bonds. The predicted molar refractivity (Wildman–Crippen MR) is 314 cm³/mol. The Bertz CT molecular complexity index is 2450. The van der Waals surface area contributed by atoms with Crippen molar-refractivity contribution in [3.8, 4) is 11.5 Å². The van der Waals surface area contributed by atoms with Crippen LogP contribution in [-0.4, -0.2) is 56.5 Å². The molecule has 75 heavy (non-hydrogen) atoms. The van der Waals surface area contributed by atoms with Crippen LogP contribution in [0.4, 0.5) is 0 Å². The Morgan fingerprint density at radius 1 is 0.600 bits per heavy atom. The Labute approximate surface area is 457 Å². The van der Waals surface area contributed by atoms with Crippen molar-refractivity contribution < 1.29 is 29.2 Å². The first-order chi connectivity index (χ1) is 35.1. The number of hydrogen-bond donors (Lipinski definition) is 2. The van der Waals surface area contributed by atoms with Crippen molar-refractivity contribution in [3.63, 3.8) is 0 Å². The first kappa shape index (κ1) is 59.2. The summed E-state index contributed by atoms with van der Waals surface area (Å²) in [5.41, 5.74) is 7.96. The van der Waals surface area contributed by atoms with Gasteiger partial charge in [0.25, 0.3) is 0 Å². The molecule has 1 aromatic carbocycles. The van der Waals surface area contributed by atoms with Gasteiger partial charge in [0.15, 0.2) is 0 Å². The number of aliphatic hydroxyl groups is 2. The number of ether oxygens (including phenoxy) is 4. The largest absolute Gasteiger partial charge is 0.487 e. The van der Waals surface area contributed by atoms with Gasteiger partial charge in [0, 0.05) is 40.7 Å².